The van der Waals surface area contributed by atoms with Crippen LogP contribution in [0.15, 0.2) is 60.1 Å². The molecule has 0 aliphatic carbocycles. The summed E-state index contributed by atoms with van der Waals surface area (Å²) in [6, 6.07) is 10.6. The van der Waals surface area contributed by atoms with E-state index in [2.05, 4.69) is 15.4 Å². The molecule has 1 aliphatic rings. The molecule has 0 bridgehead atoms. The lowest BCUT2D eigenvalue weighted by Gasteiger charge is -2.31. The van der Waals surface area contributed by atoms with Gasteiger partial charge in [-0.2, -0.15) is 9.40 Å². The molecule has 0 saturated carbocycles. The van der Waals surface area contributed by atoms with Crippen molar-refractivity contribution in [2.75, 3.05) is 19.7 Å². The number of benzene rings is 1. The monoisotopic (exact) mass is 558 g/mol. The van der Waals surface area contributed by atoms with Crippen LogP contribution < -0.4 is 5.32 Å². The van der Waals surface area contributed by atoms with E-state index in [1.54, 1.807) is 29.4 Å². The molecule has 1 unspecified atom stereocenters. The predicted octanol–water partition coefficient (Wildman–Crippen LogP) is 1.52. The first-order chi connectivity index (χ1) is 18.6. The van der Waals surface area contributed by atoms with Crippen LogP contribution in [0.5, 0.6) is 0 Å². The molecule has 2 N–H and O–H groups in total. The molecule has 0 radical (unpaired) electrons. The van der Waals surface area contributed by atoms with Crippen molar-refractivity contribution in [2.24, 2.45) is 13.0 Å². The second kappa shape index (κ2) is 12.9. The van der Waals surface area contributed by atoms with Crippen LogP contribution in [0.2, 0.25) is 0 Å². The maximum Gasteiger partial charge on any atom is 0.262 e. The maximum absolute atomic E-state index is 13.6. The Morgan fingerprint density at radius 2 is 2.05 bits per heavy atom. The van der Waals surface area contributed by atoms with Crippen molar-refractivity contribution < 1.29 is 23.1 Å². The number of imidazole rings is 1. The van der Waals surface area contributed by atoms with E-state index in [1.165, 1.54) is 16.8 Å². The standard InChI is InChI=1S/C27H38N6O5S/c1-20(15-33-21(2)11-12-29-33)27(35)30-24(14-22-8-5-4-6-9-22)25(34)17-32(16-23-10-7-13-38-23)39(36,37)26-18-31(3)19-28-26/h4-6,8-9,11-12,18-20,23-25,34H,7,10,13-17H2,1-3H3,(H,30,35)/t20-,23?,24-,25+/m0/s1. The van der Waals surface area contributed by atoms with Gasteiger partial charge in [-0.05, 0) is 37.8 Å². The van der Waals surface area contributed by atoms with Gasteiger partial charge >= 0.3 is 0 Å². The summed E-state index contributed by atoms with van der Waals surface area (Å²) < 4.78 is 37.4. The first-order valence-electron chi connectivity index (χ1n) is 13.2. The third kappa shape index (κ3) is 7.53. The number of nitrogens with zero attached hydrogens (tertiary/aromatic N) is 5. The van der Waals surface area contributed by atoms with Crippen molar-refractivity contribution in [3.05, 3.63) is 66.4 Å². The number of aryl methyl sites for hydroxylation is 2. The number of nitrogens with one attached hydrogen (secondary N) is 1. The molecule has 3 aromatic rings. The van der Waals surface area contributed by atoms with Gasteiger partial charge in [0.15, 0.2) is 5.03 Å². The Hall–Kier alpha value is -3.06. The van der Waals surface area contributed by atoms with E-state index in [9.17, 15) is 18.3 Å². The lowest BCUT2D eigenvalue weighted by Crippen LogP contribution is -2.52. The Labute approximate surface area is 229 Å². The smallest absolute Gasteiger partial charge is 0.262 e. The van der Waals surface area contributed by atoms with E-state index in [4.69, 9.17) is 4.74 Å². The summed E-state index contributed by atoms with van der Waals surface area (Å²) in [6.45, 7) is 4.56. The van der Waals surface area contributed by atoms with E-state index >= 15 is 0 Å². The first-order valence-corrected chi connectivity index (χ1v) is 14.7. The van der Waals surface area contributed by atoms with Crippen molar-refractivity contribution in [1.82, 2.24) is 29.0 Å². The van der Waals surface area contributed by atoms with Gasteiger partial charge in [0.25, 0.3) is 10.0 Å². The molecule has 4 atom stereocenters. The maximum atomic E-state index is 13.6. The summed E-state index contributed by atoms with van der Waals surface area (Å²) in [5.74, 6) is -0.669. The third-order valence-corrected chi connectivity index (χ3v) is 8.74. The molecule has 3 heterocycles. The molecule has 0 spiro atoms. The molecule has 4 rings (SSSR count). The first kappa shape index (κ1) is 28.9. The summed E-state index contributed by atoms with van der Waals surface area (Å²) in [5, 5.41) is 18.6. The fraction of sp³-hybridized carbons (Fsp3) is 0.519. The van der Waals surface area contributed by atoms with Crippen molar-refractivity contribution in [2.45, 2.75) is 62.9 Å². The lowest BCUT2D eigenvalue weighted by molar-refractivity contribution is -0.126. The summed E-state index contributed by atoms with van der Waals surface area (Å²) >= 11 is 0. The Morgan fingerprint density at radius 3 is 2.67 bits per heavy atom. The Bertz CT molecular complexity index is 1320. The number of hydrogen-bond acceptors (Lipinski definition) is 7. The molecule has 1 saturated heterocycles. The number of aliphatic hydroxyl groups is 1. The summed E-state index contributed by atoms with van der Waals surface area (Å²) in [5.41, 5.74) is 1.86. The van der Waals surface area contributed by atoms with Gasteiger partial charge in [-0.15, -0.1) is 0 Å². The number of aromatic nitrogens is 4. The van der Waals surface area contributed by atoms with Crippen LogP contribution in [0.3, 0.4) is 0 Å². The number of hydrogen-bond donors (Lipinski definition) is 2. The molecule has 1 amide bonds. The number of rotatable bonds is 13. The Balaban J connectivity index is 1.54. The van der Waals surface area contributed by atoms with Crippen LogP contribution in [-0.2, 0) is 39.6 Å². The SMILES string of the molecule is Cc1ccnn1C[C@H](C)C(=O)N[C@@H](Cc1ccccc1)[C@H](O)CN(CC1CCCO1)S(=O)(=O)c1cn(C)cn1. The van der Waals surface area contributed by atoms with Gasteiger partial charge in [0.2, 0.25) is 5.91 Å². The van der Waals surface area contributed by atoms with Gasteiger partial charge in [-0.1, -0.05) is 37.3 Å². The van der Waals surface area contributed by atoms with E-state index in [1.807, 2.05) is 43.3 Å². The Morgan fingerprint density at radius 1 is 1.28 bits per heavy atom. The average molecular weight is 559 g/mol. The van der Waals surface area contributed by atoms with E-state index < -0.39 is 28.1 Å². The quantitative estimate of drug-likeness (QED) is 0.325. The highest BCUT2D eigenvalue weighted by molar-refractivity contribution is 7.89. The normalized spacial score (nSPS) is 18.2. The van der Waals surface area contributed by atoms with Gasteiger partial charge in [0.05, 0.1) is 37.0 Å². The molecule has 39 heavy (non-hydrogen) atoms. The van der Waals surface area contributed by atoms with Crippen LogP contribution in [0.25, 0.3) is 0 Å². The molecule has 1 aliphatic heterocycles. The van der Waals surface area contributed by atoms with Crippen LogP contribution in [0.4, 0.5) is 0 Å². The molecular weight excluding hydrogens is 520 g/mol. The number of aliphatic hydroxyl groups excluding tert-OH is 1. The number of carbonyl (C=O) groups excluding carboxylic acids is 1. The van der Waals surface area contributed by atoms with Gasteiger partial charge in [0, 0.05) is 44.8 Å². The molecule has 11 nitrogen and oxygen atoms in total. The number of carbonyl (C=O) groups is 1. The highest BCUT2D eigenvalue weighted by Crippen LogP contribution is 2.21. The van der Waals surface area contributed by atoms with Gasteiger partial charge in [-0.3, -0.25) is 9.48 Å². The average Bonchev–Trinajstić information content (AvgIpc) is 3.67. The zero-order valence-corrected chi connectivity index (χ0v) is 23.5. The zero-order valence-electron chi connectivity index (χ0n) is 22.7. The van der Waals surface area contributed by atoms with Crippen LogP contribution in [-0.4, -0.2) is 81.0 Å². The van der Waals surface area contributed by atoms with Crippen LogP contribution in [0, 0.1) is 12.8 Å². The van der Waals surface area contributed by atoms with E-state index in [0.29, 0.717) is 19.6 Å². The summed E-state index contributed by atoms with van der Waals surface area (Å²) in [4.78, 5) is 17.3. The van der Waals surface area contributed by atoms with Crippen molar-refractivity contribution >= 4 is 15.9 Å². The van der Waals surface area contributed by atoms with Crippen molar-refractivity contribution in [3.63, 3.8) is 0 Å². The number of ether oxygens (including phenoxy) is 1. The molecule has 212 valence electrons. The zero-order chi connectivity index (χ0) is 28.0. The second-order valence-electron chi connectivity index (χ2n) is 10.3. The molecular formula is C27H38N6O5S. The van der Waals surface area contributed by atoms with Crippen molar-refractivity contribution in [3.8, 4) is 0 Å². The predicted molar refractivity (Wildman–Crippen MR) is 145 cm³/mol. The lowest BCUT2D eigenvalue weighted by atomic mass is 9.99. The number of sulfonamides is 1. The molecule has 1 aromatic carbocycles. The van der Waals surface area contributed by atoms with E-state index in [0.717, 1.165) is 24.1 Å². The van der Waals surface area contributed by atoms with Crippen LogP contribution >= 0.6 is 0 Å². The van der Waals surface area contributed by atoms with Gasteiger partial charge < -0.3 is 19.7 Å². The second-order valence-corrected chi connectivity index (χ2v) is 12.1. The minimum absolute atomic E-state index is 0.0942. The van der Waals surface area contributed by atoms with Gasteiger partial charge in [0.1, 0.15) is 0 Å². The summed E-state index contributed by atoms with van der Waals surface area (Å²) in [6.07, 6.45) is 5.01. The van der Waals surface area contributed by atoms with Crippen LogP contribution in [0.1, 0.15) is 31.0 Å². The van der Waals surface area contributed by atoms with E-state index in [-0.39, 0.29) is 30.1 Å². The van der Waals surface area contributed by atoms with Gasteiger partial charge in [-0.25, -0.2) is 13.4 Å². The largest absolute Gasteiger partial charge is 0.390 e. The molecule has 2 aromatic heterocycles. The molecule has 1 fully saturated rings. The highest BCUT2D eigenvalue weighted by atomic mass is 32.2. The highest BCUT2D eigenvalue weighted by Gasteiger charge is 2.35. The summed E-state index contributed by atoms with van der Waals surface area (Å²) in [7, 11) is -2.32. The minimum atomic E-state index is -4.02. The Kier molecular flexibility index (Phi) is 9.54. The number of amides is 1. The minimum Gasteiger partial charge on any atom is -0.390 e. The topological polar surface area (TPSA) is 132 Å². The fourth-order valence-corrected chi connectivity index (χ4v) is 6.14. The van der Waals surface area contributed by atoms with Crippen molar-refractivity contribution in [1.29, 1.82) is 0 Å². The third-order valence-electron chi connectivity index (χ3n) is 7.02. The molecule has 12 heteroatoms. The fourth-order valence-electron chi connectivity index (χ4n) is 4.68.